The van der Waals surface area contributed by atoms with E-state index < -0.39 is 17.6 Å². The monoisotopic (exact) mass is 356 g/mol. The summed E-state index contributed by atoms with van der Waals surface area (Å²) in [6.07, 6.45) is 0. The zero-order valence-electron chi connectivity index (χ0n) is 11.0. The van der Waals surface area contributed by atoms with Gasteiger partial charge >= 0.3 is 5.97 Å². The number of halogens is 3. The number of methoxy groups -OCH3 is 1. The third-order valence-electron chi connectivity index (χ3n) is 2.73. The van der Waals surface area contributed by atoms with Crippen LogP contribution in [0.5, 0.6) is 5.75 Å². The Bertz CT molecular complexity index is 674. The molecule has 0 aliphatic rings. The second-order valence-corrected chi connectivity index (χ2v) is 5.02. The highest BCUT2D eigenvalue weighted by atomic mass is 79.9. The highest BCUT2D eigenvalue weighted by Gasteiger charge is 2.13. The fourth-order valence-corrected chi connectivity index (χ4v) is 2.09. The average molecular weight is 357 g/mol. The number of rotatable bonds is 4. The van der Waals surface area contributed by atoms with Gasteiger partial charge in [0.05, 0.1) is 12.7 Å². The van der Waals surface area contributed by atoms with E-state index in [-0.39, 0.29) is 17.9 Å². The largest absolute Gasteiger partial charge is 0.494 e. The molecule has 0 amide bonds. The van der Waals surface area contributed by atoms with Crippen molar-refractivity contribution in [2.75, 3.05) is 7.11 Å². The second-order valence-electron chi connectivity index (χ2n) is 4.17. The third-order valence-corrected chi connectivity index (χ3v) is 3.43. The van der Waals surface area contributed by atoms with E-state index in [0.29, 0.717) is 10.0 Å². The molecular formula is C15H11BrF2O3. The van der Waals surface area contributed by atoms with Crippen LogP contribution >= 0.6 is 15.9 Å². The molecule has 0 aromatic heterocycles. The number of benzene rings is 2. The van der Waals surface area contributed by atoms with E-state index in [4.69, 9.17) is 9.47 Å². The van der Waals surface area contributed by atoms with Gasteiger partial charge in [0.15, 0.2) is 11.6 Å². The van der Waals surface area contributed by atoms with Crippen LogP contribution in [0.3, 0.4) is 0 Å². The lowest BCUT2D eigenvalue weighted by Crippen LogP contribution is -2.07. The number of hydrogen-bond acceptors (Lipinski definition) is 3. The summed E-state index contributed by atoms with van der Waals surface area (Å²) in [7, 11) is 1.36. The van der Waals surface area contributed by atoms with Crippen molar-refractivity contribution < 1.29 is 23.0 Å². The zero-order valence-corrected chi connectivity index (χ0v) is 12.6. The number of ether oxygens (including phenoxy) is 2. The Morgan fingerprint density at radius 2 is 1.95 bits per heavy atom. The van der Waals surface area contributed by atoms with Crippen LogP contribution in [0.25, 0.3) is 0 Å². The highest BCUT2D eigenvalue weighted by molar-refractivity contribution is 9.10. The molecule has 0 unspecified atom stereocenters. The van der Waals surface area contributed by atoms with Crippen molar-refractivity contribution in [1.82, 2.24) is 0 Å². The molecule has 2 aromatic carbocycles. The first kappa shape index (κ1) is 15.4. The molecule has 0 saturated carbocycles. The van der Waals surface area contributed by atoms with Crippen molar-refractivity contribution >= 4 is 21.9 Å². The molecule has 2 aromatic rings. The van der Waals surface area contributed by atoms with E-state index in [1.54, 1.807) is 6.07 Å². The highest BCUT2D eigenvalue weighted by Crippen LogP contribution is 2.21. The van der Waals surface area contributed by atoms with Gasteiger partial charge in [-0.3, -0.25) is 0 Å². The van der Waals surface area contributed by atoms with E-state index in [0.717, 1.165) is 6.07 Å². The van der Waals surface area contributed by atoms with Gasteiger partial charge in [-0.15, -0.1) is 0 Å². The number of hydrogen-bond donors (Lipinski definition) is 0. The third kappa shape index (κ3) is 3.78. The van der Waals surface area contributed by atoms with Gasteiger partial charge in [-0.05, 0) is 51.8 Å². The van der Waals surface area contributed by atoms with Crippen LogP contribution in [0, 0.1) is 11.6 Å². The minimum Gasteiger partial charge on any atom is -0.494 e. The van der Waals surface area contributed by atoms with E-state index in [1.807, 2.05) is 0 Å². The molecule has 0 spiro atoms. The molecular weight excluding hydrogens is 346 g/mol. The fourth-order valence-electron chi connectivity index (χ4n) is 1.68. The van der Waals surface area contributed by atoms with Crippen LogP contribution in [0.2, 0.25) is 0 Å². The van der Waals surface area contributed by atoms with E-state index in [2.05, 4.69) is 15.9 Å². The zero-order chi connectivity index (χ0) is 15.4. The smallest absolute Gasteiger partial charge is 0.339 e. The van der Waals surface area contributed by atoms with Crippen molar-refractivity contribution in [1.29, 1.82) is 0 Å². The molecule has 0 bridgehead atoms. The van der Waals surface area contributed by atoms with Crippen molar-refractivity contribution in [3.8, 4) is 5.75 Å². The van der Waals surface area contributed by atoms with Crippen LogP contribution < -0.4 is 4.74 Å². The van der Waals surface area contributed by atoms with Crippen molar-refractivity contribution in [3.63, 3.8) is 0 Å². The predicted molar refractivity (Wildman–Crippen MR) is 76.2 cm³/mol. The van der Waals surface area contributed by atoms with Crippen LogP contribution in [0.1, 0.15) is 15.9 Å². The Morgan fingerprint density at radius 3 is 2.62 bits per heavy atom. The van der Waals surface area contributed by atoms with Gasteiger partial charge in [0.1, 0.15) is 12.4 Å². The van der Waals surface area contributed by atoms with Gasteiger partial charge in [0, 0.05) is 4.47 Å². The molecule has 0 fully saturated rings. The molecule has 0 radical (unpaired) electrons. The topological polar surface area (TPSA) is 35.5 Å². The number of carbonyl (C=O) groups is 1. The fraction of sp³-hybridized carbons (Fsp3) is 0.133. The summed E-state index contributed by atoms with van der Waals surface area (Å²) in [6.45, 7) is -0.122. The molecule has 0 saturated heterocycles. The summed E-state index contributed by atoms with van der Waals surface area (Å²) in [5.74, 6) is -1.67. The van der Waals surface area contributed by atoms with Gasteiger partial charge in [0.25, 0.3) is 0 Å². The Labute approximate surface area is 128 Å². The summed E-state index contributed by atoms with van der Waals surface area (Å²) in [5, 5.41) is 0. The minimum atomic E-state index is -0.697. The first-order valence-electron chi connectivity index (χ1n) is 5.96. The molecule has 0 N–H and O–H groups in total. The average Bonchev–Trinajstić information content (AvgIpc) is 2.47. The molecule has 0 heterocycles. The lowest BCUT2D eigenvalue weighted by Gasteiger charge is -2.08. The number of esters is 1. The Kier molecular flexibility index (Phi) is 4.90. The van der Waals surface area contributed by atoms with Crippen LogP contribution in [-0.2, 0) is 11.3 Å². The van der Waals surface area contributed by atoms with Crippen molar-refractivity contribution in [2.24, 2.45) is 0 Å². The van der Waals surface area contributed by atoms with Crippen LogP contribution in [-0.4, -0.2) is 13.1 Å². The molecule has 0 aliphatic carbocycles. The standard InChI is InChI=1S/C15H11BrF2O3/c1-20-14-5-2-9(6-13(14)18)8-21-15(19)11-7-10(17)3-4-12(11)16/h2-7H,8H2,1H3. The number of carbonyl (C=O) groups excluding carboxylic acids is 1. The molecule has 110 valence electrons. The van der Waals surface area contributed by atoms with Gasteiger partial charge in [-0.25, -0.2) is 13.6 Å². The first-order chi connectivity index (χ1) is 10.0. The Balaban J connectivity index is 2.07. The summed E-state index contributed by atoms with van der Waals surface area (Å²) in [4.78, 5) is 11.9. The van der Waals surface area contributed by atoms with Gasteiger partial charge in [0.2, 0.25) is 0 Å². The maximum absolute atomic E-state index is 13.5. The second kappa shape index (κ2) is 6.67. The summed E-state index contributed by atoms with van der Waals surface area (Å²) in [5.41, 5.74) is 0.540. The molecule has 6 heteroatoms. The van der Waals surface area contributed by atoms with Crippen molar-refractivity contribution in [2.45, 2.75) is 6.61 Å². The Hall–Kier alpha value is -1.95. The lowest BCUT2D eigenvalue weighted by atomic mass is 10.2. The molecule has 2 rings (SSSR count). The minimum absolute atomic E-state index is 0.0731. The quantitative estimate of drug-likeness (QED) is 0.774. The first-order valence-corrected chi connectivity index (χ1v) is 6.75. The maximum Gasteiger partial charge on any atom is 0.339 e. The SMILES string of the molecule is COc1ccc(COC(=O)c2cc(F)ccc2Br)cc1F. The van der Waals surface area contributed by atoms with E-state index >= 15 is 0 Å². The Morgan fingerprint density at radius 1 is 1.19 bits per heavy atom. The van der Waals surface area contributed by atoms with Crippen LogP contribution in [0.4, 0.5) is 8.78 Å². The van der Waals surface area contributed by atoms with E-state index in [9.17, 15) is 13.6 Å². The molecule has 0 atom stereocenters. The summed E-state index contributed by atoms with van der Waals surface area (Å²) in [6, 6.07) is 7.94. The van der Waals surface area contributed by atoms with E-state index in [1.165, 1.54) is 31.4 Å². The van der Waals surface area contributed by atoms with Gasteiger partial charge in [-0.2, -0.15) is 0 Å². The molecule has 0 aliphatic heterocycles. The summed E-state index contributed by atoms with van der Waals surface area (Å²) >= 11 is 3.14. The lowest BCUT2D eigenvalue weighted by molar-refractivity contribution is 0.0470. The van der Waals surface area contributed by atoms with Crippen LogP contribution in [0.15, 0.2) is 40.9 Å². The normalized spacial score (nSPS) is 10.3. The molecule has 3 nitrogen and oxygen atoms in total. The van der Waals surface area contributed by atoms with Gasteiger partial charge < -0.3 is 9.47 Å². The molecule has 21 heavy (non-hydrogen) atoms. The van der Waals surface area contributed by atoms with Crippen molar-refractivity contribution in [3.05, 3.63) is 63.6 Å². The van der Waals surface area contributed by atoms with Gasteiger partial charge in [-0.1, -0.05) is 6.07 Å². The predicted octanol–water partition coefficient (Wildman–Crippen LogP) is 4.09. The summed E-state index contributed by atoms with van der Waals surface area (Å²) < 4.78 is 36.9. The maximum atomic E-state index is 13.5.